The number of carbonyl (C=O) groups is 2. The highest BCUT2D eigenvalue weighted by Gasteiger charge is 2.36. The van der Waals surface area contributed by atoms with E-state index in [1.54, 1.807) is 12.1 Å². The van der Waals surface area contributed by atoms with Crippen molar-refractivity contribution < 1.29 is 29.1 Å². The van der Waals surface area contributed by atoms with E-state index in [4.69, 9.17) is 0 Å². The van der Waals surface area contributed by atoms with Gasteiger partial charge in [0, 0.05) is 29.8 Å². The second-order valence-electron chi connectivity index (χ2n) is 6.15. The Labute approximate surface area is 158 Å². The van der Waals surface area contributed by atoms with Gasteiger partial charge in [-0.1, -0.05) is 12.1 Å². The van der Waals surface area contributed by atoms with Gasteiger partial charge in [-0.25, -0.2) is 4.39 Å². The summed E-state index contributed by atoms with van der Waals surface area (Å²) in [6.07, 6.45) is -1.60. The summed E-state index contributed by atoms with van der Waals surface area (Å²) >= 11 is 0. The van der Waals surface area contributed by atoms with E-state index in [9.17, 15) is 34.3 Å². The molecule has 0 radical (unpaired) electrons. The molecule has 0 heterocycles. The van der Waals surface area contributed by atoms with Crippen molar-refractivity contribution in [2.45, 2.75) is 12.5 Å². The third-order valence-corrected chi connectivity index (χ3v) is 4.35. The van der Waals surface area contributed by atoms with Crippen LogP contribution in [-0.2, 0) is 11.2 Å². The van der Waals surface area contributed by atoms with Crippen molar-refractivity contribution >= 4 is 23.0 Å². The number of hydrogen-bond donors (Lipinski definition) is 3. The zero-order chi connectivity index (χ0) is 20.4. The minimum Gasteiger partial charge on any atom is -0.508 e. The van der Waals surface area contributed by atoms with E-state index in [1.165, 1.54) is 18.2 Å². The summed E-state index contributed by atoms with van der Waals surface area (Å²) in [6.45, 7) is 0.146. The van der Waals surface area contributed by atoms with E-state index < -0.39 is 28.5 Å². The number of aliphatic hydroxyl groups excluding tert-OH is 2. The summed E-state index contributed by atoms with van der Waals surface area (Å²) in [4.78, 5) is 34.9. The summed E-state index contributed by atoms with van der Waals surface area (Å²) in [6, 6.07) is 8.95. The second kappa shape index (κ2) is 7.57. The number of non-ortho nitro benzene ring substituents is 1. The number of nitrogens with one attached hydrogen (secondary N) is 1. The lowest BCUT2D eigenvalue weighted by Gasteiger charge is -2.22. The summed E-state index contributed by atoms with van der Waals surface area (Å²) in [5.41, 5.74) is -0.150. The molecule has 0 bridgehead atoms. The van der Waals surface area contributed by atoms with Gasteiger partial charge in [-0.15, -0.1) is 0 Å². The molecule has 9 heteroatoms. The maximum atomic E-state index is 12.9. The summed E-state index contributed by atoms with van der Waals surface area (Å²) in [7, 11) is 0. The van der Waals surface area contributed by atoms with Crippen molar-refractivity contribution in [2.75, 3.05) is 6.54 Å². The fourth-order valence-corrected chi connectivity index (χ4v) is 2.91. The van der Waals surface area contributed by atoms with Gasteiger partial charge in [-0.2, -0.15) is 0 Å². The Kier molecular flexibility index (Phi) is 5.18. The van der Waals surface area contributed by atoms with E-state index in [2.05, 4.69) is 5.32 Å². The number of rotatable bonds is 5. The van der Waals surface area contributed by atoms with Crippen LogP contribution in [0.4, 0.5) is 10.1 Å². The summed E-state index contributed by atoms with van der Waals surface area (Å²) in [5.74, 6) is -2.87. The third kappa shape index (κ3) is 3.60. The number of nitro benzene ring substituents is 1. The molecule has 0 saturated heterocycles. The van der Waals surface area contributed by atoms with Crippen molar-refractivity contribution in [3.8, 4) is 0 Å². The first-order valence-corrected chi connectivity index (χ1v) is 8.26. The van der Waals surface area contributed by atoms with Crippen LogP contribution < -0.4 is 5.32 Å². The van der Waals surface area contributed by atoms with Crippen molar-refractivity contribution in [1.29, 1.82) is 0 Å². The lowest BCUT2D eigenvalue weighted by atomic mass is 9.86. The quantitative estimate of drug-likeness (QED) is 0.532. The predicted octanol–water partition coefficient (Wildman–Crippen LogP) is 1.92. The molecule has 0 aromatic heterocycles. The van der Waals surface area contributed by atoms with Gasteiger partial charge in [0.2, 0.25) is 0 Å². The molecule has 0 aliphatic heterocycles. The number of halogens is 1. The van der Waals surface area contributed by atoms with E-state index >= 15 is 0 Å². The van der Waals surface area contributed by atoms with Crippen LogP contribution >= 0.6 is 0 Å². The molecule has 1 aliphatic rings. The third-order valence-electron chi connectivity index (χ3n) is 4.35. The number of aliphatic hydroxyl groups is 2. The molecule has 1 aliphatic carbocycles. The predicted molar refractivity (Wildman–Crippen MR) is 96.1 cm³/mol. The normalized spacial score (nSPS) is 15.9. The first-order chi connectivity index (χ1) is 13.3. The Morgan fingerprint density at radius 3 is 2.50 bits per heavy atom. The fourth-order valence-electron chi connectivity index (χ4n) is 2.91. The van der Waals surface area contributed by atoms with Crippen LogP contribution in [0.25, 0.3) is 5.57 Å². The minimum atomic E-state index is -1.98. The molecule has 3 rings (SSSR count). The molecule has 2 aromatic rings. The molecule has 3 N–H and O–H groups in total. The van der Waals surface area contributed by atoms with Crippen molar-refractivity contribution in [3.63, 3.8) is 0 Å². The lowest BCUT2D eigenvalue weighted by Crippen LogP contribution is -2.35. The van der Waals surface area contributed by atoms with Crippen LogP contribution in [0.5, 0.6) is 0 Å². The molecule has 1 atom stereocenters. The lowest BCUT2D eigenvalue weighted by molar-refractivity contribution is -0.384. The van der Waals surface area contributed by atoms with Crippen LogP contribution in [0.1, 0.15) is 21.5 Å². The first kappa shape index (κ1) is 19.2. The van der Waals surface area contributed by atoms with Gasteiger partial charge in [0.25, 0.3) is 11.6 Å². The Morgan fingerprint density at radius 2 is 1.86 bits per heavy atom. The fraction of sp³-hybridized carbons (Fsp3) is 0.158. The highest BCUT2D eigenvalue weighted by Crippen LogP contribution is 2.33. The van der Waals surface area contributed by atoms with Crippen LogP contribution in [0.15, 0.2) is 48.2 Å². The van der Waals surface area contributed by atoms with E-state index in [-0.39, 0.29) is 34.7 Å². The van der Waals surface area contributed by atoms with Crippen molar-refractivity contribution in [2.24, 2.45) is 0 Å². The average molecular weight is 386 g/mol. The largest absolute Gasteiger partial charge is 0.508 e. The SMILES string of the molecule is O=C(NCCc1ccc(F)cc1)C1=C(O)C(O)C(=O)c2cc([N+](=O)[O-])ccc21. The number of benzene rings is 2. The maximum Gasteiger partial charge on any atom is 0.270 e. The zero-order valence-electron chi connectivity index (χ0n) is 14.4. The van der Waals surface area contributed by atoms with Crippen LogP contribution in [0, 0.1) is 15.9 Å². The molecule has 8 nitrogen and oxygen atoms in total. The molecular formula is C19H15FN2O6. The first-order valence-electron chi connectivity index (χ1n) is 8.26. The molecule has 0 spiro atoms. The van der Waals surface area contributed by atoms with Gasteiger partial charge in [0.15, 0.2) is 11.9 Å². The molecule has 28 heavy (non-hydrogen) atoms. The average Bonchev–Trinajstić information content (AvgIpc) is 2.67. The number of carbonyl (C=O) groups excluding carboxylic acids is 2. The Balaban J connectivity index is 1.83. The number of nitro groups is 1. The molecule has 0 fully saturated rings. The second-order valence-corrected chi connectivity index (χ2v) is 6.15. The van der Waals surface area contributed by atoms with Gasteiger partial charge in [-0.3, -0.25) is 19.7 Å². The van der Waals surface area contributed by atoms with E-state index in [1.807, 2.05) is 0 Å². The van der Waals surface area contributed by atoms with Crippen LogP contribution in [-0.4, -0.2) is 39.5 Å². The van der Waals surface area contributed by atoms with Crippen LogP contribution in [0.2, 0.25) is 0 Å². The van der Waals surface area contributed by atoms with Gasteiger partial charge < -0.3 is 15.5 Å². The molecule has 144 valence electrons. The number of Topliss-reactive ketones (excluding diaryl/α,β-unsaturated/α-hetero) is 1. The zero-order valence-corrected chi connectivity index (χ0v) is 14.4. The molecule has 0 saturated carbocycles. The van der Waals surface area contributed by atoms with E-state index in [0.717, 1.165) is 17.7 Å². The van der Waals surface area contributed by atoms with Gasteiger partial charge in [-0.05, 0) is 30.2 Å². The smallest absolute Gasteiger partial charge is 0.270 e. The highest BCUT2D eigenvalue weighted by molar-refractivity contribution is 6.26. The Morgan fingerprint density at radius 1 is 1.18 bits per heavy atom. The maximum absolute atomic E-state index is 12.9. The number of hydrogen-bond acceptors (Lipinski definition) is 6. The molecule has 1 amide bonds. The van der Waals surface area contributed by atoms with Crippen LogP contribution in [0.3, 0.4) is 0 Å². The van der Waals surface area contributed by atoms with Gasteiger partial charge >= 0.3 is 0 Å². The van der Waals surface area contributed by atoms with Gasteiger partial charge in [0.1, 0.15) is 11.6 Å². The summed E-state index contributed by atoms with van der Waals surface area (Å²) < 4.78 is 12.9. The molecule has 2 aromatic carbocycles. The highest BCUT2D eigenvalue weighted by atomic mass is 19.1. The number of ketones is 1. The standard InChI is InChI=1S/C19H15FN2O6/c20-11-3-1-10(2-4-11)7-8-21-19(26)15-13-6-5-12(22(27)28)9-14(13)16(23)18(25)17(15)24/h1-6,9,18,24-25H,7-8H2,(H,21,26). The molecular weight excluding hydrogens is 371 g/mol. The number of amides is 1. The van der Waals surface area contributed by atoms with Gasteiger partial charge in [0.05, 0.1) is 10.5 Å². The number of fused-ring (bicyclic) bond motifs is 1. The Bertz CT molecular complexity index is 1000. The van der Waals surface area contributed by atoms with E-state index in [0.29, 0.717) is 6.42 Å². The van der Waals surface area contributed by atoms with Crippen molar-refractivity contribution in [1.82, 2.24) is 5.32 Å². The minimum absolute atomic E-state index is 0.00215. The summed E-state index contributed by atoms with van der Waals surface area (Å²) in [5, 5.41) is 33.5. The molecule has 1 unspecified atom stereocenters. The number of nitrogens with zero attached hydrogens (tertiary/aromatic N) is 1. The monoisotopic (exact) mass is 386 g/mol. The topological polar surface area (TPSA) is 130 Å². The van der Waals surface area contributed by atoms with Crippen molar-refractivity contribution in [3.05, 3.63) is 80.8 Å². The Hall–Kier alpha value is -3.59.